The van der Waals surface area contributed by atoms with Gasteiger partial charge in [0, 0.05) is 22.4 Å². The maximum atomic E-state index is 13.1. The molecule has 3 aromatic rings. The Kier molecular flexibility index (Phi) is 16.3. The van der Waals surface area contributed by atoms with Crippen LogP contribution in [0, 0.1) is 0 Å². The number of benzene rings is 2. The third-order valence-electron chi connectivity index (χ3n) is 7.41. The Hall–Kier alpha value is -2.18. The number of aromatic nitrogens is 1. The van der Waals surface area contributed by atoms with Crippen LogP contribution >= 0.6 is 11.3 Å². The molecule has 1 N–H and O–H groups in total. The van der Waals surface area contributed by atoms with E-state index in [0.29, 0.717) is 5.56 Å². The zero-order valence-electron chi connectivity index (χ0n) is 25.7. The molecule has 1 heterocycles. The molecular weight excluding hydrogens is 592 g/mol. The van der Waals surface area contributed by atoms with Crippen molar-refractivity contribution in [2.24, 2.45) is 0 Å². The number of nitrogens with zero attached hydrogens (tertiary/aromatic N) is 1. The molecule has 0 atom stereocenters. The van der Waals surface area contributed by atoms with Crippen LogP contribution in [0.3, 0.4) is 0 Å². The number of carbonyl (C=O) groups is 1. The Morgan fingerprint density at radius 3 is 2.02 bits per heavy atom. The number of unbranched alkanes of at least 4 members (excludes halogenated alkanes) is 11. The maximum Gasteiger partial charge on any atom is 0.255 e. The second-order valence-corrected chi connectivity index (χ2v) is 12.8. The number of ether oxygens (including phenoxy) is 1. The summed E-state index contributed by atoms with van der Waals surface area (Å²) in [6.45, 7) is 10.3. The summed E-state index contributed by atoms with van der Waals surface area (Å²) < 4.78 is 8.38. The SMILES string of the molecule is CCCCCCCCCCCCCCOc1ccc(C(=O)Nc2ccc(C[n+]3ccsc3)cc2)cc1C(C)(C)C.[Br-]. The molecule has 4 nitrogen and oxygen atoms in total. The van der Waals surface area contributed by atoms with Crippen LogP contribution in [0.5, 0.6) is 5.75 Å². The second-order valence-electron chi connectivity index (χ2n) is 12.0. The summed E-state index contributed by atoms with van der Waals surface area (Å²) in [6.07, 6.45) is 18.1. The van der Waals surface area contributed by atoms with E-state index in [9.17, 15) is 4.79 Å². The summed E-state index contributed by atoms with van der Waals surface area (Å²) in [5.74, 6) is 0.792. The van der Waals surface area contributed by atoms with E-state index in [2.05, 4.69) is 66.8 Å². The Labute approximate surface area is 263 Å². The topological polar surface area (TPSA) is 42.2 Å². The van der Waals surface area contributed by atoms with Gasteiger partial charge >= 0.3 is 0 Å². The molecule has 0 fully saturated rings. The lowest BCUT2D eigenvalue weighted by Gasteiger charge is -2.23. The van der Waals surface area contributed by atoms with Gasteiger partial charge in [-0.25, -0.2) is 0 Å². The van der Waals surface area contributed by atoms with Gasteiger partial charge in [0.1, 0.15) is 5.75 Å². The van der Waals surface area contributed by atoms with Gasteiger partial charge in [0.15, 0.2) is 12.7 Å². The molecule has 2 aromatic carbocycles. The van der Waals surface area contributed by atoms with E-state index in [-0.39, 0.29) is 28.3 Å². The Bertz CT molecular complexity index is 1120. The molecule has 0 radical (unpaired) electrons. The number of amides is 1. The van der Waals surface area contributed by atoms with Crippen molar-refractivity contribution in [3.63, 3.8) is 0 Å². The molecule has 0 spiro atoms. The molecular formula is C35H51BrN2O2S. The summed E-state index contributed by atoms with van der Waals surface area (Å²) in [5, 5.41) is 5.12. The minimum atomic E-state index is -0.122. The van der Waals surface area contributed by atoms with E-state index in [4.69, 9.17) is 4.74 Å². The quantitative estimate of drug-likeness (QED) is 0.124. The Morgan fingerprint density at radius 2 is 1.46 bits per heavy atom. The Balaban J connectivity index is 0.00000588. The molecule has 1 amide bonds. The van der Waals surface area contributed by atoms with Crippen LogP contribution in [0.25, 0.3) is 0 Å². The van der Waals surface area contributed by atoms with Crippen molar-refractivity contribution < 1.29 is 31.1 Å². The largest absolute Gasteiger partial charge is 1.00 e. The van der Waals surface area contributed by atoms with E-state index in [0.717, 1.165) is 36.6 Å². The van der Waals surface area contributed by atoms with E-state index >= 15 is 0 Å². The molecule has 3 rings (SSSR count). The minimum Gasteiger partial charge on any atom is -1.00 e. The van der Waals surface area contributed by atoms with Crippen molar-refractivity contribution >= 4 is 22.9 Å². The molecule has 1 aromatic heterocycles. The Morgan fingerprint density at radius 1 is 0.854 bits per heavy atom. The van der Waals surface area contributed by atoms with Crippen LogP contribution in [0.15, 0.2) is 59.6 Å². The lowest BCUT2D eigenvalue weighted by atomic mass is 9.85. The van der Waals surface area contributed by atoms with Gasteiger partial charge in [0.25, 0.3) is 5.91 Å². The minimum absolute atomic E-state index is 0. The fourth-order valence-electron chi connectivity index (χ4n) is 4.97. The van der Waals surface area contributed by atoms with Gasteiger partial charge in [-0.2, -0.15) is 4.57 Å². The van der Waals surface area contributed by atoms with Crippen molar-refractivity contribution in [1.82, 2.24) is 0 Å². The number of rotatable bonds is 18. The highest BCUT2D eigenvalue weighted by molar-refractivity contribution is 7.07. The van der Waals surface area contributed by atoms with Crippen molar-refractivity contribution in [3.05, 3.63) is 76.2 Å². The number of thiazole rings is 1. The number of hydrogen-bond donors (Lipinski definition) is 1. The third-order valence-corrected chi connectivity index (χ3v) is 8.08. The molecule has 0 aliphatic rings. The van der Waals surface area contributed by atoms with Crippen molar-refractivity contribution in [2.75, 3.05) is 11.9 Å². The number of nitrogens with one attached hydrogen (secondary N) is 1. The molecule has 226 valence electrons. The zero-order valence-corrected chi connectivity index (χ0v) is 28.1. The van der Waals surface area contributed by atoms with Crippen molar-refractivity contribution in [3.8, 4) is 5.75 Å². The van der Waals surface area contributed by atoms with E-state index in [1.807, 2.05) is 30.3 Å². The second kappa shape index (κ2) is 19.1. The zero-order chi connectivity index (χ0) is 28.6. The van der Waals surface area contributed by atoms with Crippen LogP contribution in [-0.4, -0.2) is 12.5 Å². The van der Waals surface area contributed by atoms with Gasteiger partial charge in [-0.15, -0.1) is 0 Å². The first-order chi connectivity index (χ1) is 19.4. The highest BCUT2D eigenvalue weighted by atomic mass is 79.9. The predicted molar refractivity (Wildman–Crippen MR) is 170 cm³/mol. The number of anilines is 1. The van der Waals surface area contributed by atoms with Crippen molar-refractivity contribution in [1.29, 1.82) is 0 Å². The highest BCUT2D eigenvalue weighted by Crippen LogP contribution is 2.33. The predicted octanol–water partition coefficient (Wildman–Crippen LogP) is 6.72. The molecule has 0 saturated heterocycles. The summed E-state index contributed by atoms with van der Waals surface area (Å²) in [4.78, 5) is 13.1. The monoisotopic (exact) mass is 642 g/mol. The number of carbonyl (C=O) groups excluding carboxylic acids is 1. The van der Waals surface area contributed by atoms with Crippen LogP contribution < -0.4 is 31.6 Å². The molecule has 0 bridgehead atoms. The molecule has 0 aliphatic heterocycles. The van der Waals surface area contributed by atoms with Crippen LogP contribution in [0.1, 0.15) is 126 Å². The van der Waals surface area contributed by atoms with Crippen LogP contribution in [0.2, 0.25) is 0 Å². The van der Waals surface area contributed by atoms with Gasteiger partial charge in [0.05, 0.1) is 12.0 Å². The molecule has 0 saturated carbocycles. The number of hydrogen-bond acceptors (Lipinski definition) is 3. The van der Waals surface area contributed by atoms with E-state index in [1.165, 1.54) is 76.2 Å². The fourth-order valence-corrected chi connectivity index (χ4v) is 5.57. The smallest absolute Gasteiger partial charge is 0.255 e. The molecule has 41 heavy (non-hydrogen) atoms. The lowest BCUT2D eigenvalue weighted by Crippen LogP contribution is -3.00. The first kappa shape index (κ1) is 35.0. The van der Waals surface area contributed by atoms with E-state index in [1.54, 1.807) is 11.3 Å². The fraction of sp³-hybridized carbons (Fsp3) is 0.543. The standard InChI is InChI=1S/C35H50N2O2S.BrH/c1-5-6-7-8-9-10-11-12-13-14-15-16-24-39-33-22-19-30(26-32(33)35(2,3)4)34(38)36-31-20-17-29(18-21-31)27-37-23-25-40-28-37;/h17-23,25-26,28H,5-16,24,27H2,1-4H3;1H. The van der Waals surface area contributed by atoms with E-state index < -0.39 is 0 Å². The normalized spacial score (nSPS) is 11.2. The first-order valence-electron chi connectivity index (χ1n) is 15.5. The molecule has 0 unspecified atom stereocenters. The number of halogens is 1. The average molecular weight is 644 g/mol. The van der Waals surface area contributed by atoms with Gasteiger partial charge in [-0.1, -0.05) is 122 Å². The third kappa shape index (κ3) is 13.1. The van der Waals surface area contributed by atoms with Gasteiger partial charge in [0.2, 0.25) is 5.51 Å². The summed E-state index contributed by atoms with van der Waals surface area (Å²) in [6, 6.07) is 13.9. The lowest BCUT2D eigenvalue weighted by molar-refractivity contribution is -0.683. The van der Waals surface area contributed by atoms with Crippen LogP contribution in [0.4, 0.5) is 5.69 Å². The van der Waals surface area contributed by atoms with Crippen molar-refractivity contribution in [2.45, 2.75) is 117 Å². The summed E-state index contributed by atoms with van der Waals surface area (Å²) in [5.41, 5.74) is 5.69. The summed E-state index contributed by atoms with van der Waals surface area (Å²) in [7, 11) is 0. The highest BCUT2D eigenvalue weighted by Gasteiger charge is 2.21. The van der Waals surface area contributed by atoms with Gasteiger partial charge < -0.3 is 27.0 Å². The average Bonchev–Trinajstić information content (AvgIpc) is 3.45. The van der Waals surface area contributed by atoms with Crippen LogP contribution in [-0.2, 0) is 12.0 Å². The first-order valence-corrected chi connectivity index (χ1v) is 16.4. The van der Waals surface area contributed by atoms with Gasteiger partial charge in [-0.05, 0) is 42.2 Å². The molecule has 0 aliphatic carbocycles. The molecule has 6 heteroatoms. The van der Waals surface area contributed by atoms with Gasteiger partial charge in [-0.3, -0.25) is 4.79 Å². The summed E-state index contributed by atoms with van der Waals surface area (Å²) >= 11 is 1.68. The maximum absolute atomic E-state index is 13.1.